The second-order valence-corrected chi connectivity index (χ2v) is 8.50. The maximum Gasteiger partial charge on any atom is 0.433 e. The van der Waals surface area contributed by atoms with Gasteiger partial charge in [-0.1, -0.05) is 11.8 Å². The van der Waals surface area contributed by atoms with Crippen molar-refractivity contribution >= 4 is 23.4 Å². The van der Waals surface area contributed by atoms with Crippen LogP contribution in [0.25, 0.3) is 11.3 Å². The van der Waals surface area contributed by atoms with Gasteiger partial charge in [0.1, 0.15) is 17.3 Å². The van der Waals surface area contributed by atoms with Gasteiger partial charge in [-0.25, -0.2) is 18.7 Å². The van der Waals surface area contributed by atoms with E-state index in [-0.39, 0.29) is 28.3 Å². The molecule has 0 bridgehead atoms. The minimum absolute atomic E-state index is 0.00909. The van der Waals surface area contributed by atoms with E-state index >= 15 is 0 Å². The van der Waals surface area contributed by atoms with E-state index in [0.29, 0.717) is 31.7 Å². The molecular weight excluding hydrogens is 475 g/mol. The van der Waals surface area contributed by atoms with Crippen LogP contribution in [0.5, 0.6) is 0 Å². The fraction of sp³-hybridized carbons (Fsp3) is 0.261. The Morgan fingerprint density at radius 1 is 0.882 bits per heavy atom. The van der Waals surface area contributed by atoms with Gasteiger partial charge in [0.15, 0.2) is 5.16 Å². The number of nitrogens with zero attached hydrogens (tertiary/aromatic N) is 4. The Kier molecular flexibility index (Phi) is 7.01. The molecule has 5 nitrogen and oxygen atoms in total. The molecule has 0 spiro atoms. The van der Waals surface area contributed by atoms with E-state index < -0.39 is 17.7 Å². The van der Waals surface area contributed by atoms with Gasteiger partial charge in [0.05, 0.1) is 11.4 Å². The normalized spacial score (nSPS) is 14.4. The first-order valence-electron chi connectivity index (χ1n) is 10.3. The highest BCUT2D eigenvalue weighted by Crippen LogP contribution is 2.32. The Morgan fingerprint density at radius 2 is 1.47 bits per heavy atom. The van der Waals surface area contributed by atoms with Crippen LogP contribution >= 0.6 is 11.8 Å². The molecule has 2 heterocycles. The van der Waals surface area contributed by atoms with Gasteiger partial charge in [-0.2, -0.15) is 13.2 Å². The monoisotopic (exact) mass is 494 g/mol. The van der Waals surface area contributed by atoms with E-state index in [0.717, 1.165) is 35.6 Å². The van der Waals surface area contributed by atoms with Crippen LogP contribution in [0.3, 0.4) is 0 Å². The van der Waals surface area contributed by atoms with Crippen LogP contribution in [-0.4, -0.2) is 52.7 Å². The number of carbonyl (C=O) groups excluding carboxylic acids is 1. The van der Waals surface area contributed by atoms with Crippen LogP contribution in [0.2, 0.25) is 0 Å². The first-order valence-corrected chi connectivity index (χ1v) is 11.3. The van der Waals surface area contributed by atoms with Crippen molar-refractivity contribution in [2.45, 2.75) is 11.3 Å². The van der Waals surface area contributed by atoms with E-state index in [1.807, 2.05) is 4.90 Å². The van der Waals surface area contributed by atoms with Gasteiger partial charge in [-0.05, 0) is 54.6 Å². The van der Waals surface area contributed by atoms with Crippen LogP contribution in [0.4, 0.5) is 27.6 Å². The van der Waals surface area contributed by atoms with Crippen LogP contribution in [0, 0.1) is 11.6 Å². The highest BCUT2D eigenvalue weighted by atomic mass is 32.2. The van der Waals surface area contributed by atoms with Gasteiger partial charge in [-0.3, -0.25) is 4.79 Å². The van der Waals surface area contributed by atoms with Crippen molar-refractivity contribution in [1.82, 2.24) is 14.9 Å². The summed E-state index contributed by atoms with van der Waals surface area (Å²) in [6.45, 7) is 1.97. The molecule has 1 aliphatic heterocycles. The summed E-state index contributed by atoms with van der Waals surface area (Å²) in [6, 6.07) is 11.8. The molecule has 1 fully saturated rings. The molecule has 34 heavy (non-hydrogen) atoms. The maximum absolute atomic E-state index is 13.4. The highest BCUT2D eigenvalue weighted by Gasteiger charge is 2.34. The molecule has 4 rings (SSSR count). The third-order valence-electron chi connectivity index (χ3n) is 5.28. The topological polar surface area (TPSA) is 49.3 Å². The predicted octanol–water partition coefficient (Wildman–Crippen LogP) is 4.88. The summed E-state index contributed by atoms with van der Waals surface area (Å²) in [5, 5.41) is -0.188. The number of piperazine rings is 1. The van der Waals surface area contributed by atoms with Crippen LogP contribution in [0.1, 0.15) is 5.69 Å². The third kappa shape index (κ3) is 5.82. The molecular formula is C23H19F5N4OS. The Hall–Kier alpha value is -3.21. The van der Waals surface area contributed by atoms with Crippen molar-refractivity contribution in [3.05, 3.63) is 71.9 Å². The minimum Gasteiger partial charge on any atom is -0.368 e. The van der Waals surface area contributed by atoms with E-state index in [1.165, 1.54) is 24.3 Å². The van der Waals surface area contributed by atoms with Crippen molar-refractivity contribution in [3.63, 3.8) is 0 Å². The second kappa shape index (κ2) is 9.96. The van der Waals surface area contributed by atoms with E-state index in [2.05, 4.69) is 9.97 Å². The largest absolute Gasteiger partial charge is 0.433 e. The van der Waals surface area contributed by atoms with E-state index in [9.17, 15) is 26.7 Å². The number of benzene rings is 2. The maximum atomic E-state index is 13.4. The molecule has 0 unspecified atom stereocenters. The second-order valence-electron chi connectivity index (χ2n) is 7.56. The molecule has 1 saturated heterocycles. The van der Waals surface area contributed by atoms with E-state index in [1.54, 1.807) is 17.0 Å². The molecule has 0 radical (unpaired) electrons. The smallest absolute Gasteiger partial charge is 0.368 e. The molecule has 1 aliphatic rings. The Bertz CT molecular complexity index is 1150. The molecule has 11 heteroatoms. The Morgan fingerprint density at radius 3 is 2.06 bits per heavy atom. The number of carbonyl (C=O) groups is 1. The zero-order valence-electron chi connectivity index (χ0n) is 17.7. The molecule has 0 saturated carbocycles. The number of alkyl halides is 3. The number of aromatic nitrogens is 2. The summed E-state index contributed by atoms with van der Waals surface area (Å²) in [6.07, 6.45) is -4.70. The van der Waals surface area contributed by atoms with Crippen LogP contribution in [0.15, 0.2) is 59.8 Å². The van der Waals surface area contributed by atoms with Gasteiger partial charge >= 0.3 is 6.18 Å². The molecule has 0 atom stereocenters. The first kappa shape index (κ1) is 23.9. The van der Waals surface area contributed by atoms with Crippen LogP contribution in [-0.2, 0) is 11.0 Å². The SMILES string of the molecule is O=C(CSc1nc(-c2ccc(F)cc2)cc(C(F)(F)F)n1)N1CCN(c2ccc(F)cc2)CC1. The first-order chi connectivity index (χ1) is 16.2. The number of anilines is 1. The van der Waals surface area contributed by atoms with Crippen molar-refractivity contribution in [2.24, 2.45) is 0 Å². The summed E-state index contributed by atoms with van der Waals surface area (Å²) in [5.74, 6) is -1.21. The lowest BCUT2D eigenvalue weighted by Gasteiger charge is -2.36. The summed E-state index contributed by atoms with van der Waals surface area (Å²) in [7, 11) is 0. The van der Waals surface area contributed by atoms with Crippen molar-refractivity contribution in [1.29, 1.82) is 0 Å². The molecule has 0 aliphatic carbocycles. The lowest BCUT2D eigenvalue weighted by atomic mass is 10.1. The Balaban J connectivity index is 1.41. The lowest BCUT2D eigenvalue weighted by molar-refractivity contribution is -0.141. The van der Waals surface area contributed by atoms with Gasteiger partial charge < -0.3 is 9.80 Å². The standard InChI is InChI=1S/C23H19F5N4OS/c24-16-3-1-15(2-4-16)19-13-20(23(26,27)28)30-22(29-19)34-14-21(33)32-11-9-31(10-12-32)18-7-5-17(25)6-8-18/h1-8,13H,9-12,14H2. The third-order valence-corrected chi connectivity index (χ3v) is 6.12. The number of hydrogen-bond acceptors (Lipinski definition) is 5. The zero-order valence-corrected chi connectivity index (χ0v) is 18.5. The minimum atomic E-state index is -4.70. The van der Waals surface area contributed by atoms with Crippen molar-refractivity contribution < 1.29 is 26.7 Å². The number of rotatable bonds is 5. The molecule has 1 aromatic heterocycles. The number of halogens is 5. The molecule has 178 valence electrons. The highest BCUT2D eigenvalue weighted by molar-refractivity contribution is 7.99. The molecule has 2 aromatic carbocycles. The van der Waals surface area contributed by atoms with Crippen molar-refractivity contribution in [3.8, 4) is 11.3 Å². The average molecular weight is 494 g/mol. The van der Waals surface area contributed by atoms with Crippen LogP contribution < -0.4 is 4.90 Å². The average Bonchev–Trinajstić information content (AvgIpc) is 2.83. The summed E-state index contributed by atoms with van der Waals surface area (Å²) in [4.78, 5) is 24.0. The predicted molar refractivity (Wildman–Crippen MR) is 118 cm³/mol. The van der Waals surface area contributed by atoms with Crippen molar-refractivity contribution in [2.75, 3.05) is 36.8 Å². The summed E-state index contributed by atoms with van der Waals surface area (Å²) in [5.41, 5.74) is 0.0165. The molecule has 0 N–H and O–H groups in total. The van der Waals surface area contributed by atoms with Gasteiger partial charge in [0.2, 0.25) is 5.91 Å². The van der Waals surface area contributed by atoms with Gasteiger partial charge in [-0.15, -0.1) is 0 Å². The molecule has 1 amide bonds. The van der Waals surface area contributed by atoms with Gasteiger partial charge in [0, 0.05) is 37.4 Å². The summed E-state index contributed by atoms with van der Waals surface area (Å²) >= 11 is 0.820. The fourth-order valence-electron chi connectivity index (χ4n) is 3.49. The fourth-order valence-corrected chi connectivity index (χ4v) is 4.25. The molecule has 3 aromatic rings. The van der Waals surface area contributed by atoms with E-state index in [4.69, 9.17) is 0 Å². The Labute approximate surface area is 196 Å². The summed E-state index contributed by atoms with van der Waals surface area (Å²) < 4.78 is 66.4. The number of amides is 1. The number of hydrogen-bond donors (Lipinski definition) is 0. The number of thioether (sulfide) groups is 1. The zero-order chi connectivity index (χ0) is 24.3. The van der Waals surface area contributed by atoms with Gasteiger partial charge in [0.25, 0.3) is 0 Å². The quantitative estimate of drug-likeness (QED) is 0.288. The lowest BCUT2D eigenvalue weighted by Crippen LogP contribution is -2.49.